The summed E-state index contributed by atoms with van der Waals surface area (Å²) in [6.45, 7) is 1.78. The van der Waals surface area contributed by atoms with Gasteiger partial charge in [-0.1, -0.05) is 62.2 Å². The van der Waals surface area contributed by atoms with E-state index in [2.05, 4.69) is 12.2 Å². The monoisotopic (exact) mass is 333 g/mol. The normalized spacial score (nSPS) is 13.6. The van der Waals surface area contributed by atoms with Crippen molar-refractivity contribution in [2.24, 2.45) is 0 Å². The first kappa shape index (κ1) is 19.9. The van der Waals surface area contributed by atoms with E-state index in [9.17, 15) is 19.8 Å². The number of carbonyl (C=O) groups excluding carboxylic acids is 1. The summed E-state index contributed by atoms with van der Waals surface area (Å²) in [5.74, 6) is -1.49. The zero-order valence-corrected chi connectivity index (χ0v) is 14.2. The van der Waals surface area contributed by atoms with Crippen molar-refractivity contribution in [3.63, 3.8) is 0 Å². The van der Waals surface area contributed by atoms with Gasteiger partial charge in [0.1, 0.15) is 5.54 Å². The van der Waals surface area contributed by atoms with Gasteiger partial charge >= 0.3 is 5.97 Å². The van der Waals surface area contributed by atoms with E-state index in [0.717, 1.165) is 24.8 Å². The molecule has 1 amide bonds. The standard InChI is InChI=1S/C19H27NO4/c1-2-3-4-5-9-12-17(22)20-19(13-14-21,18(23)24)15-16-10-7-6-8-11-16/h5-11,21H,2-4,12-15H2,1H3,(H,20,22)(H,23,24)/b9-5+/t19-/m0/s1. The van der Waals surface area contributed by atoms with E-state index in [1.165, 1.54) is 0 Å². The summed E-state index contributed by atoms with van der Waals surface area (Å²) in [5, 5.41) is 21.6. The number of hydrogen-bond acceptors (Lipinski definition) is 3. The molecule has 0 saturated carbocycles. The van der Waals surface area contributed by atoms with Gasteiger partial charge in [-0.2, -0.15) is 0 Å². The van der Waals surface area contributed by atoms with Crippen molar-refractivity contribution in [2.45, 2.75) is 51.0 Å². The highest BCUT2D eigenvalue weighted by atomic mass is 16.4. The van der Waals surface area contributed by atoms with Crippen LogP contribution in [0.2, 0.25) is 0 Å². The summed E-state index contributed by atoms with van der Waals surface area (Å²) in [6.07, 6.45) is 7.00. The Hall–Kier alpha value is -2.14. The minimum absolute atomic E-state index is 0.0392. The lowest BCUT2D eigenvalue weighted by atomic mass is 9.87. The molecule has 0 aliphatic carbocycles. The van der Waals surface area contributed by atoms with Gasteiger partial charge in [-0.05, 0) is 12.0 Å². The van der Waals surface area contributed by atoms with Crippen LogP contribution in [-0.2, 0) is 16.0 Å². The highest BCUT2D eigenvalue weighted by Crippen LogP contribution is 2.19. The number of amides is 1. The van der Waals surface area contributed by atoms with E-state index in [1.807, 2.05) is 36.4 Å². The van der Waals surface area contributed by atoms with Crippen LogP contribution in [-0.4, -0.2) is 34.2 Å². The van der Waals surface area contributed by atoms with Crippen molar-refractivity contribution in [2.75, 3.05) is 6.61 Å². The lowest BCUT2D eigenvalue weighted by molar-refractivity contribution is -0.148. The first-order valence-electron chi connectivity index (χ1n) is 8.38. The van der Waals surface area contributed by atoms with Crippen LogP contribution in [0.4, 0.5) is 0 Å². The first-order chi connectivity index (χ1) is 11.5. The van der Waals surface area contributed by atoms with Crippen LogP contribution in [0.15, 0.2) is 42.5 Å². The summed E-state index contributed by atoms with van der Waals surface area (Å²) in [5.41, 5.74) is -0.697. The van der Waals surface area contributed by atoms with Crippen molar-refractivity contribution >= 4 is 11.9 Å². The SMILES string of the molecule is CCCC/C=C/CC(=O)N[C@@](CCO)(Cc1ccccc1)C(=O)O. The molecule has 1 rings (SSSR count). The third-order valence-corrected chi connectivity index (χ3v) is 3.87. The average molecular weight is 333 g/mol. The molecule has 0 unspecified atom stereocenters. The second kappa shape index (κ2) is 10.6. The van der Waals surface area contributed by atoms with Crippen molar-refractivity contribution in [3.05, 3.63) is 48.0 Å². The molecule has 5 nitrogen and oxygen atoms in total. The van der Waals surface area contributed by atoms with Gasteiger partial charge in [-0.15, -0.1) is 0 Å². The molecular formula is C19H27NO4. The summed E-state index contributed by atoms with van der Waals surface area (Å²) >= 11 is 0. The Morgan fingerprint density at radius 1 is 1.21 bits per heavy atom. The molecule has 1 atom stereocenters. The third kappa shape index (κ3) is 6.54. The number of rotatable bonds is 11. The Morgan fingerprint density at radius 2 is 1.92 bits per heavy atom. The maximum Gasteiger partial charge on any atom is 0.329 e. The molecule has 0 radical (unpaired) electrons. The number of aliphatic carboxylic acids is 1. The molecule has 0 heterocycles. The number of benzene rings is 1. The van der Waals surface area contributed by atoms with E-state index in [0.29, 0.717) is 0 Å². The van der Waals surface area contributed by atoms with Crippen LogP contribution in [0.1, 0.15) is 44.6 Å². The highest BCUT2D eigenvalue weighted by Gasteiger charge is 2.39. The van der Waals surface area contributed by atoms with Crippen molar-refractivity contribution in [1.82, 2.24) is 5.32 Å². The number of carboxylic acid groups (broad SMARTS) is 1. The van der Waals surface area contributed by atoms with E-state index >= 15 is 0 Å². The van der Waals surface area contributed by atoms with Crippen LogP contribution in [0.25, 0.3) is 0 Å². The Balaban J connectivity index is 2.79. The van der Waals surface area contributed by atoms with E-state index in [1.54, 1.807) is 6.08 Å². The smallest absolute Gasteiger partial charge is 0.329 e. The largest absolute Gasteiger partial charge is 0.479 e. The maximum atomic E-state index is 12.2. The lowest BCUT2D eigenvalue weighted by Crippen LogP contribution is -2.56. The van der Waals surface area contributed by atoms with Gasteiger partial charge in [-0.3, -0.25) is 4.79 Å². The number of aliphatic hydroxyl groups is 1. The number of unbranched alkanes of at least 4 members (excludes halogenated alkanes) is 2. The van der Waals surface area contributed by atoms with Gasteiger partial charge in [-0.25, -0.2) is 4.79 Å². The predicted octanol–water partition coefficient (Wildman–Crippen LogP) is 2.69. The number of carboxylic acids is 1. The fourth-order valence-electron chi connectivity index (χ4n) is 2.51. The van der Waals surface area contributed by atoms with Gasteiger partial charge < -0.3 is 15.5 Å². The molecule has 0 bridgehead atoms. The average Bonchev–Trinajstić information content (AvgIpc) is 2.55. The van der Waals surface area contributed by atoms with E-state index in [-0.39, 0.29) is 31.8 Å². The lowest BCUT2D eigenvalue weighted by Gasteiger charge is -2.30. The maximum absolute atomic E-state index is 12.2. The zero-order valence-electron chi connectivity index (χ0n) is 14.2. The Kier molecular flexibility index (Phi) is 8.79. The fourth-order valence-corrected chi connectivity index (χ4v) is 2.51. The van der Waals surface area contributed by atoms with E-state index < -0.39 is 11.5 Å². The van der Waals surface area contributed by atoms with Crippen LogP contribution in [0, 0.1) is 0 Å². The van der Waals surface area contributed by atoms with Gasteiger partial charge in [0, 0.05) is 25.9 Å². The fraction of sp³-hybridized carbons (Fsp3) is 0.474. The number of allylic oxidation sites excluding steroid dienone is 1. The molecule has 5 heteroatoms. The van der Waals surface area contributed by atoms with Crippen LogP contribution in [0.5, 0.6) is 0 Å². The summed E-state index contributed by atoms with van der Waals surface area (Å²) < 4.78 is 0. The quantitative estimate of drug-likeness (QED) is 0.429. The van der Waals surface area contributed by atoms with E-state index in [4.69, 9.17) is 0 Å². The second-order valence-electron chi connectivity index (χ2n) is 5.89. The minimum Gasteiger partial charge on any atom is -0.479 e. The number of aliphatic hydroxyl groups excluding tert-OH is 1. The summed E-state index contributed by atoms with van der Waals surface area (Å²) in [4.78, 5) is 24.0. The molecule has 0 aliphatic heterocycles. The summed E-state index contributed by atoms with van der Waals surface area (Å²) in [6, 6.07) is 9.10. The Labute approximate surface area is 143 Å². The van der Waals surface area contributed by atoms with Crippen molar-refractivity contribution < 1.29 is 19.8 Å². The van der Waals surface area contributed by atoms with Gasteiger partial charge in [0.05, 0.1) is 0 Å². The molecular weight excluding hydrogens is 306 g/mol. The van der Waals surface area contributed by atoms with Crippen molar-refractivity contribution in [3.8, 4) is 0 Å². The highest BCUT2D eigenvalue weighted by molar-refractivity contribution is 5.87. The molecule has 0 aliphatic rings. The number of hydrogen-bond donors (Lipinski definition) is 3. The molecule has 24 heavy (non-hydrogen) atoms. The van der Waals surface area contributed by atoms with Gasteiger partial charge in [0.15, 0.2) is 0 Å². The molecule has 1 aromatic rings. The third-order valence-electron chi connectivity index (χ3n) is 3.87. The Bertz CT molecular complexity index is 542. The molecule has 0 aromatic heterocycles. The Morgan fingerprint density at radius 3 is 2.50 bits per heavy atom. The zero-order chi connectivity index (χ0) is 17.8. The minimum atomic E-state index is -1.50. The van der Waals surface area contributed by atoms with Crippen LogP contribution in [0.3, 0.4) is 0 Å². The molecule has 0 saturated heterocycles. The molecule has 3 N–H and O–H groups in total. The predicted molar refractivity (Wildman–Crippen MR) is 93.6 cm³/mol. The molecule has 1 aromatic carbocycles. The topological polar surface area (TPSA) is 86.6 Å². The van der Waals surface area contributed by atoms with Gasteiger partial charge in [0.2, 0.25) is 5.91 Å². The molecule has 0 spiro atoms. The van der Waals surface area contributed by atoms with Crippen LogP contribution >= 0.6 is 0 Å². The molecule has 0 fully saturated rings. The summed E-state index contributed by atoms with van der Waals surface area (Å²) in [7, 11) is 0. The number of carbonyl (C=O) groups is 2. The van der Waals surface area contributed by atoms with Gasteiger partial charge in [0.25, 0.3) is 0 Å². The van der Waals surface area contributed by atoms with Crippen LogP contribution < -0.4 is 5.32 Å². The number of nitrogens with one attached hydrogen (secondary N) is 1. The second-order valence-corrected chi connectivity index (χ2v) is 5.89. The van der Waals surface area contributed by atoms with Crippen molar-refractivity contribution in [1.29, 1.82) is 0 Å². The first-order valence-corrected chi connectivity index (χ1v) is 8.38. The molecule has 132 valence electrons.